The van der Waals surface area contributed by atoms with Crippen molar-refractivity contribution in [3.8, 4) is 5.75 Å². The third kappa shape index (κ3) is 2.67. The zero-order chi connectivity index (χ0) is 13.9. The van der Waals surface area contributed by atoms with Crippen molar-refractivity contribution < 1.29 is 4.74 Å². The molecule has 3 heterocycles. The third-order valence-electron chi connectivity index (χ3n) is 3.90. The van der Waals surface area contributed by atoms with Gasteiger partial charge in [0.1, 0.15) is 11.4 Å². The highest BCUT2D eigenvalue weighted by molar-refractivity contribution is 5.44. The Hall–Kier alpha value is -1.88. The molecule has 3 rings (SSSR count). The van der Waals surface area contributed by atoms with Crippen molar-refractivity contribution in [3.05, 3.63) is 40.4 Å². The Bertz CT molecular complexity index is 660. The van der Waals surface area contributed by atoms with Crippen LogP contribution in [0.3, 0.4) is 0 Å². The summed E-state index contributed by atoms with van der Waals surface area (Å²) in [5, 5.41) is 3.36. The van der Waals surface area contributed by atoms with Crippen molar-refractivity contribution in [2.45, 2.75) is 19.3 Å². The van der Waals surface area contributed by atoms with E-state index in [4.69, 9.17) is 4.74 Å². The minimum atomic E-state index is -0.0304. The number of rotatable bonds is 4. The first-order chi connectivity index (χ1) is 9.76. The molecule has 0 radical (unpaired) electrons. The first-order valence-electron chi connectivity index (χ1n) is 7.03. The van der Waals surface area contributed by atoms with Crippen molar-refractivity contribution in [1.82, 2.24) is 14.7 Å². The van der Waals surface area contributed by atoms with Gasteiger partial charge in [0.2, 0.25) is 0 Å². The van der Waals surface area contributed by atoms with Gasteiger partial charge in [-0.3, -0.25) is 9.20 Å². The van der Waals surface area contributed by atoms with Crippen molar-refractivity contribution in [2.24, 2.45) is 5.92 Å². The zero-order valence-corrected chi connectivity index (χ0v) is 11.6. The van der Waals surface area contributed by atoms with E-state index in [2.05, 4.69) is 10.3 Å². The van der Waals surface area contributed by atoms with Gasteiger partial charge in [0.05, 0.1) is 7.11 Å². The lowest BCUT2D eigenvalue weighted by molar-refractivity contribution is 0.414. The number of hydrogen-bond acceptors (Lipinski definition) is 4. The van der Waals surface area contributed by atoms with Gasteiger partial charge < -0.3 is 10.1 Å². The van der Waals surface area contributed by atoms with Crippen LogP contribution >= 0.6 is 0 Å². The van der Waals surface area contributed by atoms with Gasteiger partial charge in [0.15, 0.2) is 0 Å². The van der Waals surface area contributed by atoms with Crippen LogP contribution in [0.4, 0.5) is 0 Å². The summed E-state index contributed by atoms with van der Waals surface area (Å²) < 4.78 is 6.72. The molecule has 0 amide bonds. The van der Waals surface area contributed by atoms with Crippen molar-refractivity contribution in [3.63, 3.8) is 0 Å². The summed E-state index contributed by atoms with van der Waals surface area (Å²) in [4.78, 5) is 16.6. The molecule has 0 spiro atoms. The number of fused-ring (bicyclic) bond motifs is 1. The summed E-state index contributed by atoms with van der Waals surface area (Å²) in [6.07, 6.45) is 4.86. The Morgan fingerprint density at radius 1 is 1.50 bits per heavy atom. The van der Waals surface area contributed by atoms with Crippen LogP contribution in [0.1, 0.15) is 18.5 Å². The fourth-order valence-electron chi connectivity index (χ4n) is 2.70. The van der Waals surface area contributed by atoms with Crippen LogP contribution in [-0.2, 0) is 6.42 Å². The number of nitrogens with zero attached hydrogens (tertiary/aromatic N) is 2. The average molecular weight is 273 g/mol. The van der Waals surface area contributed by atoms with E-state index < -0.39 is 0 Å². The SMILES string of the molecule is COc1ccn2c(=O)cc(CCC3CCNC3)nc2c1. The molecule has 0 aliphatic carbocycles. The van der Waals surface area contributed by atoms with Crippen LogP contribution in [0.2, 0.25) is 0 Å². The van der Waals surface area contributed by atoms with Crippen LogP contribution in [0.25, 0.3) is 5.65 Å². The summed E-state index contributed by atoms with van der Waals surface area (Å²) in [6.45, 7) is 2.19. The Balaban J connectivity index is 1.85. The highest BCUT2D eigenvalue weighted by Gasteiger charge is 2.14. The van der Waals surface area contributed by atoms with E-state index in [1.54, 1.807) is 35.9 Å². The molecule has 2 aromatic rings. The number of pyridine rings is 1. The van der Waals surface area contributed by atoms with Gasteiger partial charge in [0, 0.05) is 24.0 Å². The molecule has 0 saturated carbocycles. The van der Waals surface area contributed by atoms with Gasteiger partial charge in [-0.05, 0) is 44.3 Å². The fourth-order valence-corrected chi connectivity index (χ4v) is 2.70. The maximum atomic E-state index is 12.1. The topological polar surface area (TPSA) is 55.6 Å². The molecule has 1 aliphatic heterocycles. The summed E-state index contributed by atoms with van der Waals surface area (Å²) in [5.74, 6) is 1.43. The van der Waals surface area contributed by atoms with Crippen LogP contribution in [0.5, 0.6) is 5.75 Å². The molecule has 1 fully saturated rings. The molecule has 20 heavy (non-hydrogen) atoms. The minimum Gasteiger partial charge on any atom is -0.497 e. The molecule has 2 aromatic heterocycles. The third-order valence-corrected chi connectivity index (χ3v) is 3.90. The molecular weight excluding hydrogens is 254 g/mol. The Labute approximate surface area is 117 Å². The normalized spacial score (nSPS) is 18.6. The van der Waals surface area contributed by atoms with Crippen LogP contribution in [0.15, 0.2) is 29.2 Å². The number of methoxy groups -OCH3 is 1. The molecule has 0 aromatic carbocycles. The molecule has 5 nitrogen and oxygen atoms in total. The van der Waals surface area contributed by atoms with Gasteiger partial charge in [-0.25, -0.2) is 4.98 Å². The highest BCUT2D eigenvalue weighted by Crippen LogP contribution is 2.16. The summed E-state index contributed by atoms with van der Waals surface area (Å²) in [6, 6.07) is 5.20. The molecule has 1 N–H and O–H groups in total. The van der Waals surface area contributed by atoms with E-state index in [-0.39, 0.29) is 5.56 Å². The van der Waals surface area contributed by atoms with E-state index in [0.29, 0.717) is 17.3 Å². The molecule has 1 unspecified atom stereocenters. The number of aryl methyl sites for hydroxylation is 1. The molecule has 1 atom stereocenters. The van der Waals surface area contributed by atoms with Crippen LogP contribution in [0, 0.1) is 5.92 Å². The molecule has 5 heteroatoms. The first-order valence-corrected chi connectivity index (χ1v) is 7.03. The Morgan fingerprint density at radius 3 is 3.15 bits per heavy atom. The number of aromatic nitrogens is 2. The smallest absolute Gasteiger partial charge is 0.258 e. The van der Waals surface area contributed by atoms with Gasteiger partial charge in [-0.2, -0.15) is 0 Å². The second kappa shape index (κ2) is 5.63. The minimum absolute atomic E-state index is 0.0304. The molecule has 1 saturated heterocycles. The van der Waals surface area contributed by atoms with E-state index in [0.717, 1.165) is 31.6 Å². The summed E-state index contributed by atoms with van der Waals surface area (Å²) in [5.41, 5.74) is 1.49. The van der Waals surface area contributed by atoms with E-state index in [1.165, 1.54) is 6.42 Å². The highest BCUT2D eigenvalue weighted by atomic mass is 16.5. The van der Waals surface area contributed by atoms with E-state index in [1.807, 2.05) is 0 Å². The molecule has 0 bridgehead atoms. The summed E-state index contributed by atoms with van der Waals surface area (Å²) >= 11 is 0. The largest absolute Gasteiger partial charge is 0.497 e. The summed E-state index contributed by atoms with van der Waals surface area (Å²) in [7, 11) is 1.61. The molecule has 106 valence electrons. The molecular formula is C15H19N3O2. The first kappa shape index (κ1) is 13.1. The van der Waals surface area contributed by atoms with Gasteiger partial charge in [-0.15, -0.1) is 0 Å². The van der Waals surface area contributed by atoms with Gasteiger partial charge in [-0.1, -0.05) is 0 Å². The lowest BCUT2D eigenvalue weighted by Gasteiger charge is -2.09. The Kier molecular flexibility index (Phi) is 3.69. The lowest BCUT2D eigenvalue weighted by atomic mass is 10.0. The van der Waals surface area contributed by atoms with Crippen LogP contribution in [-0.4, -0.2) is 29.6 Å². The maximum Gasteiger partial charge on any atom is 0.258 e. The number of hydrogen-bond donors (Lipinski definition) is 1. The van der Waals surface area contributed by atoms with Crippen molar-refractivity contribution in [1.29, 1.82) is 0 Å². The van der Waals surface area contributed by atoms with E-state index >= 15 is 0 Å². The second-order valence-corrected chi connectivity index (χ2v) is 5.28. The monoisotopic (exact) mass is 273 g/mol. The van der Waals surface area contributed by atoms with E-state index in [9.17, 15) is 4.79 Å². The predicted octanol–water partition coefficient (Wildman–Crippen LogP) is 1.25. The maximum absolute atomic E-state index is 12.1. The Morgan fingerprint density at radius 2 is 2.40 bits per heavy atom. The quantitative estimate of drug-likeness (QED) is 0.911. The van der Waals surface area contributed by atoms with Crippen LogP contribution < -0.4 is 15.6 Å². The molecule has 1 aliphatic rings. The van der Waals surface area contributed by atoms with Crippen molar-refractivity contribution in [2.75, 3.05) is 20.2 Å². The average Bonchev–Trinajstić information content (AvgIpc) is 2.98. The van der Waals surface area contributed by atoms with Crippen molar-refractivity contribution >= 4 is 5.65 Å². The van der Waals surface area contributed by atoms with Gasteiger partial charge in [0.25, 0.3) is 5.56 Å². The zero-order valence-electron chi connectivity index (χ0n) is 11.6. The number of ether oxygens (including phenoxy) is 1. The fraction of sp³-hybridized carbons (Fsp3) is 0.467. The number of nitrogens with one attached hydrogen (secondary N) is 1. The standard InChI is InChI=1S/C15H19N3O2/c1-20-13-5-7-18-14(9-13)17-12(8-15(18)19)3-2-11-4-6-16-10-11/h5,7-9,11,16H,2-4,6,10H2,1H3. The predicted molar refractivity (Wildman–Crippen MR) is 77.3 cm³/mol. The second-order valence-electron chi connectivity index (χ2n) is 5.28. The lowest BCUT2D eigenvalue weighted by Crippen LogP contribution is -2.16. The van der Waals surface area contributed by atoms with Gasteiger partial charge >= 0.3 is 0 Å².